The number of thioether (sulfide) groups is 1. The number of hydrogen-bond donors (Lipinski definition) is 3. The zero-order valence-corrected chi connectivity index (χ0v) is 13.0. The van der Waals surface area contributed by atoms with Crippen LogP contribution < -0.4 is 11.1 Å². The predicted octanol–water partition coefficient (Wildman–Crippen LogP) is 2.25. The molecule has 1 aromatic carbocycles. The van der Waals surface area contributed by atoms with E-state index in [0.29, 0.717) is 29.8 Å². The number of nitrogens with zero attached hydrogens (tertiary/aromatic N) is 2. The van der Waals surface area contributed by atoms with E-state index in [0.717, 1.165) is 5.56 Å². The van der Waals surface area contributed by atoms with Crippen molar-refractivity contribution in [2.24, 2.45) is 0 Å². The molecule has 0 radical (unpaired) electrons. The van der Waals surface area contributed by atoms with Gasteiger partial charge in [-0.2, -0.15) is 11.8 Å². The number of hydrogen-bond acceptors (Lipinski definition) is 6. The minimum absolute atomic E-state index is 0.399. The quantitative estimate of drug-likeness (QED) is 0.759. The van der Waals surface area contributed by atoms with Crippen LogP contribution in [0.25, 0.3) is 11.4 Å². The summed E-state index contributed by atoms with van der Waals surface area (Å²) in [6, 6.07) is 11.3. The number of nitrogens with one attached hydrogen (secondary N) is 1. The highest BCUT2D eigenvalue weighted by atomic mass is 32.2. The van der Waals surface area contributed by atoms with Crippen molar-refractivity contribution in [2.45, 2.75) is 12.5 Å². The Hall–Kier alpha value is -1.79. The van der Waals surface area contributed by atoms with Crippen molar-refractivity contribution >= 4 is 23.4 Å². The Bertz CT molecular complexity index is 589. The van der Waals surface area contributed by atoms with Gasteiger partial charge in [-0.1, -0.05) is 30.3 Å². The smallest absolute Gasteiger partial charge is 0.163 e. The normalized spacial score (nSPS) is 13.7. The molecule has 1 unspecified atom stereocenters. The van der Waals surface area contributed by atoms with Crippen LogP contribution in [0.5, 0.6) is 0 Å². The molecule has 1 heterocycles. The van der Waals surface area contributed by atoms with Gasteiger partial charge in [0.2, 0.25) is 0 Å². The lowest BCUT2D eigenvalue weighted by Gasteiger charge is -2.23. The molecule has 2 aromatic rings. The molecule has 0 aliphatic rings. The van der Waals surface area contributed by atoms with Crippen LogP contribution in [0.4, 0.5) is 11.6 Å². The first kappa shape index (κ1) is 15.6. The second kappa shape index (κ2) is 6.78. The molecule has 0 saturated heterocycles. The molecule has 21 heavy (non-hydrogen) atoms. The molecule has 0 aliphatic carbocycles. The lowest BCUT2D eigenvalue weighted by atomic mass is 10.1. The summed E-state index contributed by atoms with van der Waals surface area (Å²) in [5, 5.41) is 13.3. The molecule has 0 fully saturated rings. The average molecular weight is 304 g/mol. The SMILES string of the molecule is CSCC(C)(O)CNc1cc(N)nc(-c2ccccc2)n1. The van der Waals surface area contributed by atoms with Crippen LogP contribution in [-0.4, -0.2) is 39.2 Å². The molecule has 0 amide bonds. The number of benzene rings is 1. The summed E-state index contributed by atoms with van der Waals surface area (Å²) < 4.78 is 0. The van der Waals surface area contributed by atoms with E-state index in [1.165, 1.54) is 0 Å². The van der Waals surface area contributed by atoms with E-state index in [-0.39, 0.29) is 0 Å². The van der Waals surface area contributed by atoms with Crippen LogP contribution in [-0.2, 0) is 0 Å². The van der Waals surface area contributed by atoms with Gasteiger partial charge >= 0.3 is 0 Å². The largest absolute Gasteiger partial charge is 0.387 e. The van der Waals surface area contributed by atoms with Gasteiger partial charge in [0.25, 0.3) is 0 Å². The monoisotopic (exact) mass is 304 g/mol. The number of nitrogen functional groups attached to an aromatic ring is 1. The van der Waals surface area contributed by atoms with Crippen LogP contribution in [0.1, 0.15) is 6.92 Å². The Labute approximate surface area is 129 Å². The van der Waals surface area contributed by atoms with E-state index in [2.05, 4.69) is 15.3 Å². The fourth-order valence-electron chi connectivity index (χ4n) is 1.92. The van der Waals surface area contributed by atoms with E-state index in [1.807, 2.05) is 36.6 Å². The first-order valence-corrected chi connectivity index (χ1v) is 8.05. The molecule has 0 bridgehead atoms. The lowest BCUT2D eigenvalue weighted by Crippen LogP contribution is -2.36. The number of rotatable bonds is 6. The zero-order valence-electron chi connectivity index (χ0n) is 12.2. The first-order chi connectivity index (χ1) is 10.00. The first-order valence-electron chi connectivity index (χ1n) is 6.65. The molecular formula is C15H20N4OS. The van der Waals surface area contributed by atoms with Gasteiger partial charge in [0, 0.05) is 23.9 Å². The molecule has 2 rings (SSSR count). The average Bonchev–Trinajstić information content (AvgIpc) is 2.46. The number of aliphatic hydroxyl groups is 1. The third-order valence-corrected chi connectivity index (χ3v) is 3.79. The Balaban J connectivity index is 2.16. The molecule has 4 N–H and O–H groups in total. The minimum atomic E-state index is -0.800. The maximum Gasteiger partial charge on any atom is 0.163 e. The third-order valence-electron chi connectivity index (χ3n) is 2.88. The molecule has 0 spiro atoms. The lowest BCUT2D eigenvalue weighted by molar-refractivity contribution is 0.0996. The van der Waals surface area contributed by atoms with E-state index in [4.69, 9.17) is 5.73 Å². The summed E-state index contributed by atoms with van der Waals surface area (Å²) in [6.45, 7) is 2.19. The second-order valence-corrected chi connectivity index (χ2v) is 6.02. The predicted molar refractivity (Wildman–Crippen MR) is 89.4 cm³/mol. The molecule has 0 aliphatic heterocycles. The van der Waals surface area contributed by atoms with Gasteiger partial charge in [-0.05, 0) is 13.2 Å². The van der Waals surface area contributed by atoms with Crippen molar-refractivity contribution in [1.29, 1.82) is 0 Å². The van der Waals surface area contributed by atoms with Crippen LogP contribution >= 0.6 is 11.8 Å². The maximum absolute atomic E-state index is 10.2. The van der Waals surface area contributed by atoms with Crippen molar-refractivity contribution in [3.05, 3.63) is 36.4 Å². The van der Waals surface area contributed by atoms with E-state index < -0.39 is 5.60 Å². The number of aromatic nitrogens is 2. The molecule has 5 nitrogen and oxygen atoms in total. The third kappa shape index (κ3) is 4.61. The van der Waals surface area contributed by atoms with Crippen LogP contribution in [0.2, 0.25) is 0 Å². The van der Waals surface area contributed by atoms with Crippen molar-refractivity contribution in [3.8, 4) is 11.4 Å². The highest BCUT2D eigenvalue weighted by Gasteiger charge is 2.19. The van der Waals surface area contributed by atoms with Crippen LogP contribution in [0, 0.1) is 0 Å². The van der Waals surface area contributed by atoms with Crippen molar-refractivity contribution in [2.75, 3.05) is 29.6 Å². The molecule has 0 saturated carbocycles. The Morgan fingerprint density at radius 2 is 2.00 bits per heavy atom. The maximum atomic E-state index is 10.2. The summed E-state index contributed by atoms with van der Waals surface area (Å²) in [5.74, 6) is 2.23. The molecule has 6 heteroatoms. The Kier molecular flexibility index (Phi) is 5.03. The van der Waals surface area contributed by atoms with Crippen molar-refractivity contribution in [1.82, 2.24) is 9.97 Å². The van der Waals surface area contributed by atoms with Crippen LogP contribution in [0.15, 0.2) is 36.4 Å². The fourth-order valence-corrected chi connectivity index (χ4v) is 2.64. The number of anilines is 2. The summed E-state index contributed by atoms with van der Waals surface area (Å²) in [7, 11) is 0. The van der Waals surface area contributed by atoms with Gasteiger partial charge < -0.3 is 16.2 Å². The van der Waals surface area contributed by atoms with Gasteiger partial charge in [-0.3, -0.25) is 0 Å². The van der Waals surface area contributed by atoms with E-state index in [1.54, 1.807) is 24.8 Å². The summed E-state index contributed by atoms with van der Waals surface area (Å²) in [4.78, 5) is 8.69. The van der Waals surface area contributed by atoms with Crippen molar-refractivity contribution in [3.63, 3.8) is 0 Å². The van der Waals surface area contributed by atoms with E-state index >= 15 is 0 Å². The van der Waals surface area contributed by atoms with Gasteiger partial charge in [-0.15, -0.1) is 0 Å². The molecular weight excluding hydrogens is 284 g/mol. The highest BCUT2D eigenvalue weighted by molar-refractivity contribution is 7.98. The standard InChI is InChI=1S/C15H20N4OS/c1-15(20,10-21-2)9-17-13-8-12(16)18-14(19-13)11-6-4-3-5-7-11/h3-8,20H,9-10H2,1-2H3,(H3,16,17,18,19). The molecule has 1 atom stereocenters. The van der Waals surface area contributed by atoms with Gasteiger partial charge in [0.05, 0.1) is 5.60 Å². The Morgan fingerprint density at radius 1 is 1.29 bits per heavy atom. The number of nitrogens with two attached hydrogens (primary N) is 1. The van der Waals surface area contributed by atoms with Crippen molar-refractivity contribution < 1.29 is 5.11 Å². The van der Waals surface area contributed by atoms with Gasteiger partial charge in [0.15, 0.2) is 5.82 Å². The summed E-state index contributed by atoms with van der Waals surface area (Å²) >= 11 is 1.60. The topological polar surface area (TPSA) is 84.1 Å². The van der Waals surface area contributed by atoms with Crippen LogP contribution in [0.3, 0.4) is 0 Å². The van der Waals surface area contributed by atoms with E-state index in [9.17, 15) is 5.11 Å². The molecule has 112 valence electrons. The molecule has 1 aromatic heterocycles. The Morgan fingerprint density at radius 3 is 2.67 bits per heavy atom. The fraction of sp³-hybridized carbons (Fsp3) is 0.333. The second-order valence-electron chi connectivity index (χ2n) is 5.15. The summed E-state index contributed by atoms with van der Waals surface area (Å²) in [5.41, 5.74) is 5.94. The van der Waals surface area contributed by atoms with Gasteiger partial charge in [-0.25, -0.2) is 9.97 Å². The van der Waals surface area contributed by atoms with Gasteiger partial charge in [0.1, 0.15) is 11.6 Å². The minimum Gasteiger partial charge on any atom is -0.387 e. The highest BCUT2D eigenvalue weighted by Crippen LogP contribution is 2.19. The summed E-state index contributed by atoms with van der Waals surface area (Å²) in [6.07, 6.45) is 1.96. The zero-order chi connectivity index (χ0) is 15.3.